The summed E-state index contributed by atoms with van der Waals surface area (Å²) >= 11 is 0. The molecule has 1 N–H and O–H groups in total. The second-order valence-electron chi connectivity index (χ2n) is 6.36. The maximum absolute atomic E-state index is 14.3. The average Bonchev–Trinajstić information content (AvgIpc) is 2.98. The van der Waals surface area contributed by atoms with Crippen LogP contribution in [0.1, 0.15) is 11.3 Å². The lowest BCUT2D eigenvalue weighted by Gasteiger charge is -2.18. The lowest BCUT2D eigenvalue weighted by molar-refractivity contribution is 0.229. The Morgan fingerprint density at radius 3 is 2.62 bits per heavy atom. The summed E-state index contributed by atoms with van der Waals surface area (Å²) in [6.07, 6.45) is 0.419. The minimum absolute atomic E-state index is 0.214. The molecule has 0 spiro atoms. The molecule has 0 atom stereocenters. The highest BCUT2D eigenvalue weighted by Gasteiger charge is 2.28. The van der Waals surface area contributed by atoms with Crippen LogP contribution in [0.2, 0.25) is 0 Å². The number of H-pyrrole nitrogens is 1. The van der Waals surface area contributed by atoms with Crippen LogP contribution in [0.3, 0.4) is 0 Å². The summed E-state index contributed by atoms with van der Waals surface area (Å²) in [5.41, 5.74) is 1.54. The molecule has 1 saturated heterocycles. The zero-order valence-electron chi connectivity index (χ0n) is 14.2. The Balaban J connectivity index is 1.72. The van der Waals surface area contributed by atoms with Gasteiger partial charge in [-0.15, -0.1) is 0 Å². The molecule has 1 aliphatic heterocycles. The van der Waals surface area contributed by atoms with Crippen molar-refractivity contribution in [3.8, 4) is 0 Å². The third-order valence-corrected chi connectivity index (χ3v) is 4.66. The SMILES string of the molecule is CN1CCN(c2cc(Cc3n[nH]c(=O)c4ccccc34)ccc2F)C1=O. The van der Waals surface area contributed by atoms with E-state index < -0.39 is 5.82 Å². The van der Waals surface area contributed by atoms with Crippen LogP contribution in [-0.4, -0.2) is 41.3 Å². The number of rotatable bonds is 3. The van der Waals surface area contributed by atoms with Crippen LogP contribution in [0.5, 0.6) is 0 Å². The van der Waals surface area contributed by atoms with E-state index in [-0.39, 0.29) is 17.3 Å². The van der Waals surface area contributed by atoms with Crippen LogP contribution < -0.4 is 10.5 Å². The van der Waals surface area contributed by atoms with Crippen LogP contribution in [-0.2, 0) is 6.42 Å². The monoisotopic (exact) mass is 352 g/mol. The van der Waals surface area contributed by atoms with E-state index in [2.05, 4.69) is 10.2 Å². The number of carbonyl (C=O) groups is 1. The van der Waals surface area contributed by atoms with Crippen molar-refractivity contribution in [1.29, 1.82) is 0 Å². The first kappa shape index (κ1) is 16.3. The molecule has 7 heteroatoms. The van der Waals surface area contributed by atoms with Crippen LogP contribution in [0.4, 0.5) is 14.9 Å². The summed E-state index contributed by atoms with van der Waals surface area (Å²) in [6.45, 7) is 1.02. The summed E-state index contributed by atoms with van der Waals surface area (Å²) in [5, 5.41) is 7.99. The van der Waals surface area contributed by atoms with Gasteiger partial charge in [-0.05, 0) is 23.8 Å². The van der Waals surface area contributed by atoms with E-state index in [9.17, 15) is 14.0 Å². The maximum atomic E-state index is 14.3. The highest BCUT2D eigenvalue weighted by Crippen LogP contribution is 2.26. The van der Waals surface area contributed by atoms with Gasteiger partial charge in [0.25, 0.3) is 5.56 Å². The molecule has 0 radical (unpaired) electrons. The van der Waals surface area contributed by atoms with E-state index in [1.54, 1.807) is 36.2 Å². The molecule has 2 aromatic carbocycles. The fraction of sp³-hybridized carbons (Fsp3) is 0.211. The van der Waals surface area contributed by atoms with Gasteiger partial charge in [0.1, 0.15) is 5.82 Å². The van der Waals surface area contributed by atoms with Crippen molar-refractivity contribution in [1.82, 2.24) is 15.1 Å². The summed E-state index contributed by atoms with van der Waals surface area (Å²) < 4.78 is 14.3. The first-order valence-corrected chi connectivity index (χ1v) is 8.32. The summed E-state index contributed by atoms with van der Waals surface area (Å²) in [6, 6.07) is 11.7. The number of amides is 2. The summed E-state index contributed by atoms with van der Waals surface area (Å²) in [4.78, 5) is 27.1. The van der Waals surface area contributed by atoms with Gasteiger partial charge in [0.2, 0.25) is 0 Å². The normalized spacial score (nSPS) is 14.5. The molecule has 132 valence electrons. The van der Waals surface area contributed by atoms with Crippen LogP contribution >= 0.6 is 0 Å². The zero-order chi connectivity index (χ0) is 18.3. The van der Waals surface area contributed by atoms with Crippen molar-refractivity contribution in [2.24, 2.45) is 0 Å². The minimum atomic E-state index is -0.434. The second kappa shape index (κ2) is 6.25. The van der Waals surface area contributed by atoms with E-state index in [1.807, 2.05) is 12.1 Å². The molecule has 4 rings (SSSR count). The number of benzene rings is 2. The van der Waals surface area contributed by atoms with Gasteiger partial charge in [-0.2, -0.15) is 5.10 Å². The summed E-state index contributed by atoms with van der Waals surface area (Å²) in [7, 11) is 1.69. The molecule has 0 unspecified atom stereocenters. The number of anilines is 1. The van der Waals surface area contributed by atoms with E-state index in [0.717, 1.165) is 10.9 Å². The predicted octanol–water partition coefficient (Wildman–Crippen LogP) is 2.52. The van der Waals surface area contributed by atoms with Crippen molar-refractivity contribution < 1.29 is 9.18 Å². The number of aromatic amines is 1. The quantitative estimate of drug-likeness (QED) is 0.787. The Labute approximate surface area is 148 Å². The van der Waals surface area contributed by atoms with E-state index in [4.69, 9.17) is 0 Å². The van der Waals surface area contributed by atoms with Crippen LogP contribution in [0, 0.1) is 5.82 Å². The molecular formula is C19H17FN4O2. The minimum Gasteiger partial charge on any atom is -0.326 e. The smallest absolute Gasteiger partial charge is 0.324 e. The second-order valence-corrected chi connectivity index (χ2v) is 6.36. The molecule has 2 heterocycles. The van der Waals surface area contributed by atoms with Gasteiger partial charge in [-0.3, -0.25) is 9.69 Å². The number of halogens is 1. The number of aromatic nitrogens is 2. The number of urea groups is 1. The molecule has 0 bridgehead atoms. The van der Waals surface area contributed by atoms with Gasteiger partial charge < -0.3 is 4.90 Å². The standard InChI is InChI=1S/C19H17FN4O2/c1-23-8-9-24(19(23)26)17-11-12(6-7-15(17)20)10-16-13-4-2-3-5-14(13)18(25)22-21-16/h2-7,11H,8-10H2,1H3,(H,22,25). The van der Waals surface area contributed by atoms with Gasteiger partial charge in [-0.1, -0.05) is 24.3 Å². The van der Waals surface area contributed by atoms with Gasteiger partial charge in [-0.25, -0.2) is 14.3 Å². The number of likely N-dealkylation sites (N-methyl/N-ethyl adjacent to an activating group) is 1. The Morgan fingerprint density at radius 2 is 1.88 bits per heavy atom. The van der Waals surface area contributed by atoms with Crippen molar-refractivity contribution in [3.05, 3.63) is 69.9 Å². The molecule has 26 heavy (non-hydrogen) atoms. The van der Waals surface area contributed by atoms with Crippen molar-refractivity contribution >= 4 is 22.5 Å². The van der Waals surface area contributed by atoms with E-state index >= 15 is 0 Å². The molecule has 0 aliphatic carbocycles. The number of hydrogen-bond acceptors (Lipinski definition) is 3. The molecule has 6 nitrogen and oxygen atoms in total. The van der Waals surface area contributed by atoms with Gasteiger partial charge >= 0.3 is 6.03 Å². The number of fused-ring (bicyclic) bond motifs is 1. The van der Waals surface area contributed by atoms with Crippen molar-refractivity contribution in [2.75, 3.05) is 25.0 Å². The van der Waals surface area contributed by atoms with Gasteiger partial charge in [0, 0.05) is 31.9 Å². The highest BCUT2D eigenvalue weighted by molar-refractivity contribution is 5.94. The van der Waals surface area contributed by atoms with Gasteiger partial charge in [0.15, 0.2) is 0 Å². The lowest BCUT2D eigenvalue weighted by atomic mass is 10.0. The fourth-order valence-electron chi connectivity index (χ4n) is 3.25. The van der Waals surface area contributed by atoms with Crippen LogP contribution in [0.25, 0.3) is 10.8 Å². The number of hydrogen-bond donors (Lipinski definition) is 1. The maximum Gasteiger partial charge on any atom is 0.324 e. The van der Waals surface area contributed by atoms with Crippen LogP contribution in [0.15, 0.2) is 47.3 Å². The largest absolute Gasteiger partial charge is 0.326 e. The topological polar surface area (TPSA) is 69.3 Å². The third kappa shape index (κ3) is 2.71. The Bertz CT molecular complexity index is 1060. The van der Waals surface area contributed by atoms with E-state index in [0.29, 0.717) is 30.6 Å². The molecule has 3 aromatic rings. The number of carbonyl (C=O) groups excluding carboxylic acids is 1. The zero-order valence-corrected chi connectivity index (χ0v) is 14.2. The Kier molecular flexibility index (Phi) is 3.91. The third-order valence-electron chi connectivity index (χ3n) is 4.66. The highest BCUT2D eigenvalue weighted by atomic mass is 19.1. The van der Waals surface area contributed by atoms with Crippen molar-refractivity contribution in [2.45, 2.75) is 6.42 Å². The molecule has 1 fully saturated rings. The van der Waals surface area contributed by atoms with Crippen molar-refractivity contribution in [3.63, 3.8) is 0 Å². The lowest BCUT2D eigenvalue weighted by Crippen LogP contribution is -2.29. The molecular weight excluding hydrogens is 335 g/mol. The molecule has 1 aromatic heterocycles. The molecule has 1 aliphatic rings. The Hall–Kier alpha value is -3.22. The molecule has 0 saturated carbocycles. The number of nitrogens with zero attached hydrogens (tertiary/aromatic N) is 3. The first-order chi connectivity index (χ1) is 12.5. The first-order valence-electron chi connectivity index (χ1n) is 8.32. The predicted molar refractivity (Wildman–Crippen MR) is 96.9 cm³/mol. The number of nitrogens with one attached hydrogen (secondary N) is 1. The fourth-order valence-corrected chi connectivity index (χ4v) is 3.25. The molecule has 2 amide bonds. The van der Waals surface area contributed by atoms with Gasteiger partial charge in [0.05, 0.1) is 16.8 Å². The summed E-state index contributed by atoms with van der Waals surface area (Å²) in [5.74, 6) is -0.434. The van der Waals surface area contributed by atoms with E-state index in [1.165, 1.54) is 11.0 Å². The Morgan fingerprint density at radius 1 is 1.12 bits per heavy atom. The average molecular weight is 352 g/mol.